The summed E-state index contributed by atoms with van der Waals surface area (Å²) in [5.41, 5.74) is 2.60. The Morgan fingerprint density at radius 3 is 2.50 bits per heavy atom. The van der Waals surface area contributed by atoms with Crippen LogP contribution >= 0.6 is 11.8 Å². The lowest BCUT2D eigenvalue weighted by Gasteiger charge is -2.22. The van der Waals surface area contributed by atoms with Gasteiger partial charge in [-0.05, 0) is 55.5 Å². The Kier molecular flexibility index (Phi) is 6.42. The highest BCUT2D eigenvalue weighted by atomic mass is 32.2. The molecule has 0 radical (unpaired) electrons. The molecule has 2 aliphatic rings. The first kappa shape index (κ1) is 20.9. The van der Waals surface area contributed by atoms with Crippen LogP contribution in [-0.2, 0) is 4.79 Å². The van der Waals surface area contributed by atoms with Crippen molar-refractivity contribution in [2.75, 3.05) is 11.1 Å². The molecule has 0 spiro atoms. The Morgan fingerprint density at radius 2 is 1.80 bits per heavy atom. The van der Waals surface area contributed by atoms with E-state index < -0.39 is 0 Å². The van der Waals surface area contributed by atoms with Crippen LogP contribution in [0, 0.1) is 25.2 Å². The summed E-state index contributed by atoms with van der Waals surface area (Å²) in [5, 5.41) is 25.6. The highest BCUT2D eigenvalue weighted by Gasteiger charge is 2.27. The summed E-state index contributed by atoms with van der Waals surface area (Å²) in [7, 11) is 0. The predicted molar refractivity (Wildman–Crippen MR) is 115 cm³/mol. The van der Waals surface area contributed by atoms with E-state index in [2.05, 4.69) is 31.5 Å². The summed E-state index contributed by atoms with van der Waals surface area (Å²) in [6.07, 6.45) is 10.4. The number of rotatable bonds is 6. The second kappa shape index (κ2) is 9.21. The average Bonchev–Trinajstić information content (AvgIpc) is 3.49. The number of amides is 1. The molecule has 2 heterocycles. The van der Waals surface area contributed by atoms with Gasteiger partial charge in [0.05, 0.1) is 17.4 Å². The van der Waals surface area contributed by atoms with E-state index in [-0.39, 0.29) is 11.7 Å². The third kappa shape index (κ3) is 4.10. The second-order valence-corrected chi connectivity index (χ2v) is 9.33. The van der Waals surface area contributed by atoms with Crippen LogP contribution in [0.2, 0.25) is 0 Å². The van der Waals surface area contributed by atoms with Crippen LogP contribution in [0.1, 0.15) is 86.7 Å². The van der Waals surface area contributed by atoms with Gasteiger partial charge in [0, 0.05) is 11.7 Å². The lowest BCUT2D eigenvalue weighted by molar-refractivity contribution is -0.113. The van der Waals surface area contributed by atoms with Crippen molar-refractivity contribution in [1.29, 1.82) is 5.26 Å². The molecule has 1 amide bonds. The maximum absolute atomic E-state index is 12.8. The molecule has 1 N–H and O–H groups in total. The Labute approximate surface area is 181 Å². The zero-order valence-electron chi connectivity index (χ0n) is 17.7. The van der Waals surface area contributed by atoms with Crippen molar-refractivity contribution >= 4 is 23.5 Å². The molecule has 0 aromatic carbocycles. The van der Waals surface area contributed by atoms with Crippen LogP contribution in [0.3, 0.4) is 0 Å². The molecule has 9 heteroatoms. The van der Waals surface area contributed by atoms with Gasteiger partial charge in [0.1, 0.15) is 11.9 Å². The fourth-order valence-corrected chi connectivity index (χ4v) is 5.58. The highest BCUT2D eigenvalue weighted by Crippen LogP contribution is 2.38. The standard InChI is InChI=1S/C21H29N7OS/c1-14-15(2)27(16-8-6-7-9-16)20(18(14)12-22)23-19(29)13-30-21-24-25-26-28(21)17-10-4-3-5-11-17/h16-17H,3-11,13H2,1-2H3,(H,23,29). The van der Waals surface area contributed by atoms with Gasteiger partial charge >= 0.3 is 0 Å². The molecule has 8 nitrogen and oxygen atoms in total. The van der Waals surface area contributed by atoms with Crippen LogP contribution in [0.5, 0.6) is 0 Å². The molecule has 2 saturated carbocycles. The van der Waals surface area contributed by atoms with Gasteiger partial charge in [-0.15, -0.1) is 5.10 Å². The average molecular weight is 428 g/mol. The third-order valence-electron chi connectivity index (χ3n) is 6.53. The van der Waals surface area contributed by atoms with Crippen molar-refractivity contribution in [3.05, 3.63) is 16.8 Å². The second-order valence-electron chi connectivity index (χ2n) is 8.39. The quantitative estimate of drug-likeness (QED) is 0.689. The maximum atomic E-state index is 12.8. The van der Waals surface area contributed by atoms with E-state index in [9.17, 15) is 10.1 Å². The van der Waals surface area contributed by atoms with E-state index in [1.807, 2.05) is 18.5 Å². The van der Waals surface area contributed by atoms with E-state index in [0.717, 1.165) is 36.9 Å². The summed E-state index contributed by atoms with van der Waals surface area (Å²) in [6.45, 7) is 4.00. The number of carbonyl (C=O) groups excluding carboxylic acids is 1. The number of anilines is 1. The van der Waals surface area contributed by atoms with Gasteiger partial charge in [0.25, 0.3) is 0 Å². The Morgan fingerprint density at radius 1 is 1.13 bits per heavy atom. The molecular formula is C21H29N7OS. The number of tetrazole rings is 1. The zero-order chi connectivity index (χ0) is 21.1. The first-order valence-corrected chi connectivity index (χ1v) is 11.9. The number of nitrogens with one attached hydrogen (secondary N) is 1. The van der Waals surface area contributed by atoms with Gasteiger partial charge in [-0.3, -0.25) is 4.79 Å². The molecule has 2 aromatic heterocycles. The lowest BCUT2D eigenvalue weighted by atomic mass is 9.96. The summed E-state index contributed by atoms with van der Waals surface area (Å²) < 4.78 is 4.06. The molecule has 0 bridgehead atoms. The summed E-state index contributed by atoms with van der Waals surface area (Å²) in [6, 6.07) is 2.98. The van der Waals surface area contributed by atoms with Gasteiger partial charge in [-0.25, -0.2) is 4.68 Å². The Bertz CT molecular complexity index is 945. The van der Waals surface area contributed by atoms with Gasteiger partial charge in [-0.2, -0.15) is 5.26 Å². The largest absolute Gasteiger partial charge is 0.327 e. The SMILES string of the molecule is Cc1c(C#N)c(NC(=O)CSc2nnnn2C2CCCCC2)n(C2CCCC2)c1C. The first-order chi connectivity index (χ1) is 14.6. The van der Waals surface area contributed by atoms with Crippen LogP contribution in [0.15, 0.2) is 5.16 Å². The molecule has 4 rings (SSSR count). The molecular weight excluding hydrogens is 398 g/mol. The monoisotopic (exact) mass is 427 g/mol. The van der Waals surface area contributed by atoms with Crippen molar-refractivity contribution in [2.24, 2.45) is 0 Å². The minimum Gasteiger partial charge on any atom is -0.327 e. The minimum atomic E-state index is -0.133. The summed E-state index contributed by atoms with van der Waals surface area (Å²) in [4.78, 5) is 12.8. The molecule has 0 saturated heterocycles. The van der Waals surface area contributed by atoms with E-state index in [1.165, 1.54) is 43.9 Å². The summed E-state index contributed by atoms with van der Waals surface area (Å²) in [5.74, 6) is 0.731. The number of aromatic nitrogens is 5. The van der Waals surface area contributed by atoms with Crippen molar-refractivity contribution in [3.8, 4) is 6.07 Å². The fourth-order valence-electron chi connectivity index (χ4n) is 4.84. The lowest BCUT2D eigenvalue weighted by Crippen LogP contribution is -2.20. The molecule has 0 atom stereocenters. The van der Waals surface area contributed by atoms with Crippen LogP contribution in [-0.4, -0.2) is 36.4 Å². The van der Waals surface area contributed by atoms with Crippen molar-refractivity contribution < 1.29 is 4.79 Å². The van der Waals surface area contributed by atoms with E-state index in [4.69, 9.17) is 0 Å². The van der Waals surface area contributed by atoms with Gasteiger partial charge in [-0.1, -0.05) is 43.9 Å². The minimum absolute atomic E-state index is 0.133. The fraction of sp³-hybridized carbons (Fsp3) is 0.667. The Balaban J connectivity index is 1.47. The van der Waals surface area contributed by atoms with Crippen LogP contribution in [0.4, 0.5) is 5.82 Å². The molecule has 2 aromatic rings. The highest BCUT2D eigenvalue weighted by molar-refractivity contribution is 7.99. The van der Waals surface area contributed by atoms with E-state index in [0.29, 0.717) is 28.6 Å². The number of nitriles is 1. The normalized spacial score (nSPS) is 17.9. The molecule has 2 fully saturated rings. The third-order valence-corrected chi connectivity index (χ3v) is 7.47. The first-order valence-electron chi connectivity index (χ1n) is 10.9. The van der Waals surface area contributed by atoms with Crippen LogP contribution < -0.4 is 5.32 Å². The van der Waals surface area contributed by atoms with Gasteiger partial charge in [0.15, 0.2) is 0 Å². The number of carbonyl (C=O) groups is 1. The van der Waals surface area contributed by atoms with Crippen molar-refractivity contribution in [1.82, 2.24) is 24.8 Å². The topological polar surface area (TPSA) is 101 Å². The van der Waals surface area contributed by atoms with E-state index >= 15 is 0 Å². The van der Waals surface area contributed by atoms with Gasteiger partial charge < -0.3 is 9.88 Å². The Hall–Kier alpha value is -2.34. The number of thioether (sulfide) groups is 1. The number of hydrogen-bond acceptors (Lipinski definition) is 6. The van der Waals surface area contributed by atoms with Gasteiger partial charge in [0.2, 0.25) is 11.1 Å². The van der Waals surface area contributed by atoms with E-state index in [1.54, 1.807) is 0 Å². The molecule has 30 heavy (non-hydrogen) atoms. The molecule has 0 aliphatic heterocycles. The summed E-state index contributed by atoms with van der Waals surface area (Å²) >= 11 is 1.36. The molecule has 160 valence electrons. The smallest absolute Gasteiger partial charge is 0.235 e. The van der Waals surface area contributed by atoms with Crippen molar-refractivity contribution in [2.45, 2.75) is 88.9 Å². The maximum Gasteiger partial charge on any atom is 0.235 e. The molecule has 0 unspecified atom stereocenters. The number of hydrogen-bond donors (Lipinski definition) is 1. The predicted octanol–water partition coefficient (Wildman–Crippen LogP) is 4.31. The van der Waals surface area contributed by atoms with Crippen molar-refractivity contribution in [3.63, 3.8) is 0 Å². The molecule has 2 aliphatic carbocycles. The number of nitrogens with zero attached hydrogens (tertiary/aromatic N) is 6. The van der Waals surface area contributed by atoms with Crippen LogP contribution in [0.25, 0.3) is 0 Å². The zero-order valence-corrected chi connectivity index (χ0v) is 18.5.